The molecule has 0 fully saturated rings. The molecule has 0 atom stereocenters. The van der Waals surface area contributed by atoms with Gasteiger partial charge < -0.3 is 0 Å². The van der Waals surface area contributed by atoms with Crippen LogP contribution < -0.4 is 16.4 Å². The number of aromatic nitrogens is 2. The van der Waals surface area contributed by atoms with E-state index < -0.39 is 11.8 Å². The second kappa shape index (κ2) is 8.35. The molecule has 144 valence electrons. The number of hydrogen-bond donors (Lipinski definition) is 2. The van der Waals surface area contributed by atoms with Crippen molar-refractivity contribution in [2.24, 2.45) is 5.92 Å². The molecule has 0 radical (unpaired) electrons. The number of fused-ring (bicyclic) bond motifs is 1. The second-order valence-electron chi connectivity index (χ2n) is 6.69. The third-order valence-corrected chi connectivity index (χ3v) is 4.55. The molecule has 0 bridgehead atoms. The molecule has 0 aliphatic heterocycles. The molecular formula is C20H19BrN4O3. The van der Waals surface area contributed by atoms with E-state index in [0.29, 0.717) is 22.9 Å². The van der Waals surface area contributed by atoms with Crippen molar-refractivity contribution in [3.05, 3.63) is 74.6 Å². The Morgan fingerprint density at radius 1 is 1.00 bits per heavy atom. The van der Waals surface area contributed by atoms with E-state index in [1.165, 1.54) is 4.68 Å². The highest BCUT2D eigenvalue weighted by Crippen LogP contribution is 2.14. The van der Waals surface area contributed by atoms with E-state index in [0.717, 1.165) is 4.47 Å². The van der Waals surface area contributed by atoms with Crippen LogP contribution in [0.5, 0.6) is 0 Å². The number of nitrogens with zero attached hydrogens (tertiary/aromatic N) is 2. The lowest BCUT2D eigenvalue weighted by molar-refractivity contribution is 0.0843. The number of benzene rings is 2. The first-order valence-electron chi connectivity index (χ1n) is 8.73. The Kier molecular flexibility index (Phi) is 5.89. The Labute approximate surface area is 169 Å². The molecule has 28 heavy (non-hydrogen) atoms. The van der Waals surface area contributed by atoms with Crippen molar-refractivity contribution >= 4 is 38.5 Å². The van der Waals surface area contributed by atoms with Gasteiger partial charge in [-0.1, -0.05) is 48.0 Å². The van der Waals surface area contributed by atoms with E-state index in [9.17, 15) is 14.4 Å². The number of halogens is 1. The van der Waals surface area contributed by atoms with Gasteiger partial charge in [0.05, 0.1) is 5.39 Å². The molecule has 1 aromatic heterocycles. The Hall–Kier alpha value is -3.00. The van der Waals surface area contributed by atoms with Crippen molar-refractivity contribution in [3.63, 3.8) is 0 Å². The van der Waals surface area contributed by atoms with Crippen molar-refractivity contribution in [2.45, 2.75) is 20.4 Å². The maximum Gasteiger partial charge on any atom is 0.290 e. The van der Waals surface area contributed by atoms with Gasteiger partial charge in [-0.2, -0.15) is 5.10 Å². The Bertz CT molecular complexity index is 1090. The van der Waals surface area contributed by atoms with Crippen molar-refractivity contribution in [2.75, 3.05) is 0 Å². The van der Waals surface area contributed by atoms with Gasteiger partial charge in [-0.25, -0.2) is 4.68 Å². The van der Waals surface area contributed by atoms with Crippen molar-refractivity contribution < 1.29 is 9.59 Å². The molecule has 1 heterocycles. The Morgan fingerprint density at radius 2 is 1.61 bits per heavy atom. The molecule has 7 nitrogen and oxygen atoms in total. The number of rotatable bonds is 4. The minimum atomic E-state index is -0.598. The molecule has 3 aromatic rings. The molecule has 8 heteroatoms. The molecular weight excluding hydrogens is 424 g/mol. The summed E-state index contributed by atoms with van der Waals surface area (Å²) in [5, 5.41) is 5.08. The number of amides is 2. The minimum Gasteiger partial charge on any atom is -0.267 e. The lowest BCUT2D eigenvalue weighted by Crippen LogP contribution is -2.42. The fourth-order valence-corrected chi connectivity index (χ4v) is 2.98. The molecule has 0 aliphatic carbocycles. The van der Waals surface area contributed by atoms with Gasteiger partial charge in [-0.3, -0.25) is 25.2 Å². The molecule has 0 spiro atoms. The normalized spacial score (nSPS) is 10.9. The van der Waals surface area contributed by atoms with Crippen molar-refractivity contribution in [3.8, 4) is 0 Å². The fraction of sp³-hybridized carbons (Fsp3) is 0.200. The summed E-state index contributed by atoms with van der Waals surface area (Å²) in [6.07, 6.45) is 0. The standard InChI is InChI=1S/C20H19BrN4O3/c1-12(2)11-25-20(28)16-6-4-3-5-15(16)17(24-25)19(27)23-22-18(26)13-7-9-14(21)10-8-13/h3-10,12H,11H2,1-2H3,(H,22,26)(H,23,27). The molecule has 2 amide bonds. The monoisotopic (exact) mass is 442 g/mol. The summed E-state index contributed by atoms with van der Waals surface area (Å²) in [6.45, 7) is 4.30. The molecule has 3 rings (SSSR count). The summed E-state index contributed by atoms with van der Waals surface area (Å²) in [5.74, 6) is -0.876. The van der Waals surface area contributed by atoms with E-state index in [4.69, 9.17) is 0 Å². The zero-order valence-corrected chi connectivity index (χ0v) is 17.0. The summed E-state index contributed by atoms with van der Waals surface area (Å²) >= 11 is 3.30. The third kappa shape index (κ3) is 4.28. The summed E-state index contributed by atoms with van der Waals surface area (Å²) in [6, 6.07) is 13.5. The summed E-state index contributed by atoms with van der Waals surface area (Å²) in [5.41, 5.74) is 4.97. The predicted molar refractivity (Wildman–Crippen MR) is 110 cm³/mol. The minimum absolute atomic E-state index is 0.0759. The van der Waals surface area contributed by atoms with Crippen LogP contribution in [0.15, 0.2) is 57.8 Å². The Morgan fingerprint density at radius 3 is 2.25 bits per heavy atom. The molecule has 0 unspecified atom stereocenters. The van der Waals surface area contributed by atoms with Crippen LogP contribution in [0, 0.1) is 5.92 Å². The van der Waals surface area contributed by atoms with Gasteiger partial charge in [-0.15, -0.1) is 0 Å². The van der Waals surface area contributed by atoms with Gasteiger partial charge in [0.25, 0.3) is 17.4 Å². The van der Waals surface area contributed by atoms with Crippen molar-refractivity contribution in [1.82, 2.24) is 20.6 Å². The first-order chi connectivity index (χ1) is 13.4. The quantitative estimate of drug-likeness (QED) is 0.607. The predicted octanol–water partition coefficient (Wildman–Crippen LogP) is 2.89. The third-order valence-electron chi connectivity index (χ3n) is 4.02. The highest BCUT2D eigenvalue weighted by atomic mass is 79.9. The second-order valence-corrected chi connectivity index (χ2v) is 7.61. The molecule has 2 aromatic carbocycles. The molecule has 2 N–H and O–H groups in total. The number of nitrogens with one attached hydrogen (secondary N) is 2. The maximum absolute atomic E-state index is 12.7. The van der Waals surface area contributed by atoms with Crippen LogP contribution in [-0.4, -0.2) is 21.6 Å². The van der Waals surface area contributed by atoms with Crippen LogP contribution >= 0.6 is 15.9 Å². The summed E-state index contributed by atoms with van der Waals surface area (Å²) < 4.78 is 2.13. The number of hydrazine groups is 1. The van der Waals surface area contributed by atoms with Crippen LogP contribution in [-0.2, 0) is 6.54 Å². The van der Waals surface area contributed by atoms with E-state index in [-0.39, 0.29) is 17.2 Å². The van der Waals surface area contributed by atoms with E-state index in [2.05, 4.69) is 31.9 Å². The van der Waals surface area contributed by atoms with Crippen LogP contribution in [0.25, 0.3) is 10.8 Å². The molecule has 0 aliphatic rings. The van der Waals surface area contributed by atoms with Crippen LogP contribution in [0.3, 0.4) is 0 Å². The maximum atomic E-state index is 12.7. The molecule has 0 saturated carbocycles. The summed E-state index contributed by atoms with van der Waals surface area (Å²) in [7, 11) is 0. The van der Waals surface area contributed by atoms with Gasteiger partial charge >= 0.3 is 0 Å². The topological polar surface area (TPSA) is 93.1 Å². The average Bonchev–Trinajstić information content (AvgIpc) is 2.68. The lowest BCUT2D eigenvalue weighted by atomic mass is 10.1. The smallest absolute Gasteiger partial charge is 0.267 e. The number of carbonyl (C=O) groups excluding carboxylic acids is 2. The first kappa shape index (κ1) is 19.8. The average molecular weight is 443 g/mol. The summed E-state index contributed by atoms with van der Waals surface area (Å²) in [4.78, 5) is 37.5. The highest BCUT2D eigenvalue weighted by Gasteiger charge is 2.18. The van der Waals surface area contributed by atoms with E-state index in [1.54, 1.807) is 48.5 Å². The van der Waals surface area contributed by atoms with Crippen molar-refractivity contribution in [1.29, 1.82) is 0 Å². The first-order valence-corrected chi connectivity index (χ1v) is 9.52. The van der Waals surface area contributed by atoms with Crippen LogP contribution in [0.4, 0.5) is 0 Å². The van der Waals surface area contributed by atoms with Gasteiger partial charge in [0, 0.05) is 22.0 Å². The lowest BCUT2D eigenvalue weighted by Gasteiger charge is -2.13. The number of carbonyl (C=O) groups is 2. The largest absolute Gasteiger partial charge is 0.290 e. The van der Waals surface area contributed by atoms with Gasteiger partial charge in [0.15, 0.2) is 5.69 Å². The SMILES string of the molecule is CC(C)Cn1nc(C(=O)NNC(=O)c2ccc(Br)cc2)c2ccccc2c1=O. The zero-order valence-electron chi connectivity index (χ0n) is 15.4. The van der Waals surface area contributed by atoms with Gasteiger partial charge in [0.1, 0.15) is 0 Å². The van der Waals surface area contributed by atoms with Crippen LogP contribution in [0.1, 0.15) is 34.7 Å². The van der Waals surface area contributed by atoms with E-state index >= 15 is 0 Å². The highest BCUT2D eigenvalue weighted by molar-refractivity contribution is 9.10. The number of hydrogen-bond acceptors (Lipinski definition) is 4. The van der Waals surface area contributed by atoms with Gasteiger partial charge in [-0.05, 0) is 36.2 Å². The molecule has 0 saturated heterocycles. The van der Waals surface area contributed by atoms with E-state index in [1.807, 2.05) is 13.8 Å². The van der Waals surface area contributed by atoms with Crippen LogP contribution in [0.2, 0.25) is 0 Å². The zero-order chi connectivity index (χ0) is 20.3. The van der Waals surface area contributed by atoms with Gasteiger partial charge in [0.2, 0.25) is 0 Å². The Balaban J connectivity index is 1.88. The fourth-order valence-electron chi connectivity index (χ4n) is 2.72.